The Hall–Kier alpha value is -2.56. The molecule has 1 saturated heterocycles. The minimum Gasteiger partial charge on any atom is -0.488 e. The molecule has 2 amide bonds. The molecular weight excluding hydrogens is 440 g/mol. The van der Waals surface area contributed by atoms with Crippen molar-refractivity contribution in [3.05, 3.63) is 68.5 Å². The maximum atomic E-state index is 12.5. The van der Waals surface area contributed by atoms with Gasteiger partial charge in [-0.3, -0.25) is 14.5 Å². The van der Waals surface area contributed by atoms with Crippen LogP contribution in [0.2, 0.25) is 0 Å². The van der Waals surface area contributed by atoms with Gasteiger partial charge in [-0.15, -0.1) is 0 Å². The standard InChI is InChI=1S/C21H17BrN2O3S/c1-2-9-24-20(25)19(28-21(24)26)11-16-10-17(22)7-8-18(16)27-13-15-6-4-3-5-14(15)12-23/h3-8,10-11H,2,9,13H2,1H3/b19-11+. The Kier molecular flexibility index (Phi) is 6.55. The van der Waals surface area contributed by atoms with Crippen molar-refractivity contribution in [3.63, 3.8) is 0 Å². The van der Waals surface area contributed by atoms with Gasteiger partial charge in [-0.2, -0.15) is 5.26 Å². The summed E-state index contributed by atoms with van der Waals surface area (Å²) in [5.74, 6) is 0.288. The first kappa shape index (κ1) is 20.2. The van der Waals surface area contributed by atoms with Crippen molar-refractivity contribution in [1.29, 1.82) is 5.26 Å². The van der Waals surface area contributed by atoms with Gasteiger partial charge in [-0.25, -0.2) is 0 Å². The highest BCUT2D eigenvalue weighted by atomic mass is 79.9. The lowest BCUT2D eigenvalue weighted by atomic mass is 10.1. The molecule has 0 N–H and O–H groups in total. The van der Waals surface area contributed by atoms with E-state index in [1.165, 1.54) is 4.90 Å². The first-order chi connectivity index (χ1) is 13.5. The van der Waals surface area contributed by atoms with E-state index in [1.807, 2.05) is 31.2 Å². The predicted molar refractivity (Wildman–Crippen MR) is 113 cm³/mol. The molecular formula is C21H17BrN2O3S. The van der Waals surface area contributed by atoms with Crippen LogP contribution in [0, 0.1) is 11.3 Å². The van der Waals surface area contributed by atoms with Crippen LogP contribution in [-0.2, 0) is 11.4 Å². The van der Waals surface area contributed by atoms with Gasteiger partial charge < -0.3 is 4.74 Å². The maximum Gasteiger partial charge on any atom is 0.293 e. The zero-order chi connectivity index (χ0) is 20.1. The number of halogens is 1. The minimum atomic E-state index is -0.280. The Bertz CT molecular complexity index is 997. The van der Waals surface area contributed by atoms with Crippen molar-refractivity contribution in [2.75, 3.05) is 6.54 Å². The van der Waals surface area contributed by atoms with Gasteiger partial charge in [0.25, 0.3) is 11.1 Å². The van der Waals surface area contributed by atoms with Gasteiger partial charge in [0.15, 0.2) is 0 Å². The van der Waals surface area contributed by atoms with Crippen LogP contribution in [0.25, 0.3) is 6.08 Å². The van der Waals surface area contributed by atoms with Crippen LogP contribution in [0.3, 0.4) is 0 Å². The molecule has 0 bridgehead atoms. The summed E-state index contributed by atoms with van der Waals surface area (Å²) in [4.78, 5) is 26.2. The number of hydrogen-bond donors (Lipinski definition) is 0. The Labute approximate surface area is 176 Å². The van der Waals surface area contributed by atoms with E-state index in [9.17, 15) is 14.9 Å². The predicted octanol–water partition coefficient (Wildman–Crippen LogP) is 5.35. The first-order valence-corrected chi connectivity index (χ1v) is 10.3. The van der Waals surface area contributed by atoms with Gasteiger partial charge in [0, 0.05) is 22.1 Å². The van der Waals surface area contributed by atoms with Crippen LogP contribution < -0.4 is 4.74 Å². The molecule has 0 radical (unpaired) electrons. The first-order valence-electron chi connectivity index (χ1n) is 8.69. The van der Waals surface area contributed by atoms with Crippen LogP contribution >= 0.6 is 27.7 Å². The Morgan fingerprint density at radius 1 is 1.25 bits per heavy atom. The lowest BCUT2D eigenvalue weighted by molar-refractivity contribution is -0.122. The van der Waals surface area contributed by atoms with Gasteiger partial charge in [-0.1, -0.05) is 41.1 Å². The van der Waals surface area contributed by atoms with Crippen LogP contribution in [0.4, 0.5) is 4.79 Å². The fourth-order valence-corrected chi connectivity index (χ4v) is 3.97. The van der Waals surface area contributed by atoms with Gasteiger partial charge in [0.2, 0.25) is 0 Å². The topological polar surface area (TPSA) is 70.4 Å². The molecule has 0 aliphatic carbocycles. The summed E-state index contributed by atoms with van der Waals surface area (Å²) in [5, 5.41) is 8.97. The summed E-state index contributed by atoms with van der Waals surface area (Å²) >= 11 is 4.37. The molecule has 0 aromatic heterocycles. The molecule has 1 aliphatic rings. The van der Waals surface area contributed by atoms with Crippen LogP contribution in [0.5, 0.6) is 5.75 Å². The van der Waals surface area contributed by atoms with Crippen molar-refractivity contribution >= 4 is 44.9 Å². The van der Waals surface area contributed by atoms with Gasteiger partial charge in [0.1, 0.15) is 12.4 Å². The average Bonchev–Trinajstić information content (AvgIpc) is 2.95. The largest absolute Gasteiger partial charge is 0.488 e. The van der Waals surface area contributed by atoms with E-state index in [1.54, 1.807) is 24.3 Å². The third kappa shape index (κ3) is 4.46. The van der Waals surface area contributed by atoms with Crippen molar-refractivity contribution < 1.29 is 14.3 Å². The molecule has 28 heavy (non-hydrogen) atoms. The fourth-order valence-electron chi connectivity index (χ4n) is 2.73. The van der Waals surface area contributed by atoms with Crippen molar-refractivity contribution in [1.82, 2.24) is 4.90 Å². The van der Waals surface area contributed by atoms with Crippen molar-refractivity contribution in [3.8, 4) is 11.8 Å². The van der Waals surface area contributed by atoms with Gasteiger partial charge in [0.05, 0.1) is 16.5 Å². The maximum absolute atomic E-state index is 12.5. The van der Waals surface area contributed by atoms with E-state index in [0.29, 0.717) is 28.3 Å². The second kappa shape index (κ2) is 9.09. The number of rotatable bonds is 6. The summed E-state index contributed by atoms with van der Waals surface area (Å²) in [5.41, 5.74) is 2.02. The normalized spacial score (nSPS) is 15.2. The molecule has 0 spiro atoms. The van der Waals surface area contributed by atoms with E-state index < -0.39 is 0 Å². The fraction of sp³-hybridized carbons (Fsp3) is 0.190. The Morgan fingerprint density at radius 2 is 2.04 bits per heavy atom. The molecule has 2 aromatic rings. The number of nitrogens with zero attached hydrogens (tertiary/aromatic N) is 2. The monoisotopic (exact) mass is 456 g/mol. The Balaban J connectivity index is 1.87. The second-order valence-corrected chi connectivity index (χ2v) is 7.98. The van der Waals surface area contributed by atoms with E-state index in [-0.39, 0.29) is 17.8 Å². The smallest absolute Gasteiger partial charge is 0.293 e. The van der Waals surface area contributed by atoms with E-state index in [2.05, 4.69) is 22.0 Å². The molecule has 0 saturated carbocycles. The number of carbonyl (C=O) groups excluding carboxylic acids is 2. The SMILES string of the molecule is CCCN1C(=O)S/C(=C/c2cc(Br)ccc2OCc2ccccc2C#N)C1=O. The quantitative estimate of drug-likeness (QED) is 0.548. The highest BCUT2D eigenvalue weighted by molar-refractivity contribution is 9.10. The Morgan fingerprint density at radius 3 is 2.79 bits per heavy atom. The molecule has 142 valence electrons. The van der Waals surface area contributed by atoms with Crippen LogP contribution in [0.1, 0.15) is 30.0 Å². The highest BCUT2D eigenvalue weighted by Crippen LogP contribution is 2.35. The molecule has 1 heterocycles. The number of amides is 2. The van der Waals surface area contributed by atoms with E-state index in [0.717, 1.165) is 28.2 Å². The summed E-state index contributed by atoms with van der Waals surface area (Å²) < 4.78 is 6.76. The summed E-state index contributed by atoms with van der Waals surface area (Å²) in [6.07, 6.45) is 2.39. The minimum absolute atomic E-state index is 0.226. The highest BCUT2D eigenvalue weighted by Gasteiger charge is 2.34. The summed E-state index contributed by atoms with van der Waals surface area (Å²) in [7, 11) is 0. The van der Waals surface area contributed by atoms with Gasteiger partial charge >= 0.3 is 0 Å². The molecule has 2 aromatic carbocycles. The molecule has 3 rings (SSSR count). The number of ether oxygens (including phenoxy) is 1. The molecule has 1 fully saturated rings. The van der Waals surface area contributed by atoms with Crippen molar-refractivity contribution in [2.45, 2.75) is 20.0 Å². The number of thioether (sulfide) groups is 1. The molecule has 0 unspecified atom stereocenters. The molecule has 1 aliphatic heterocycles. The summed E-state index contributed by atoms with van der Waals surface area (Å²) in [6, 6.07) is 14.9. The summed E-state index contributed by atoms with van der Waals surface area (Å²) in [6.45, 7) is 2.56. The van der Waals surface area contributed by atoms with Gasteiger partial charge in [-0.05, 0) is 48.5 Å². The zero-order valence-corrected chi connectivity index (χ0v) is 17.5. The average molecular weight is 457 g/mol. The molecule has 5 nitrogen and oxygen atoms in total. The van der Waals surface area contributed by atoms with Crippen molar-refractivity contribution in [2.24, 2.45) is 0 Å². The third-order valence-electron chi connectivity index (χ3n) is 4.10. The zero-order valence-electron chi connectivity index (χ0n) is 15.1. The number of hydrogen-bond acceptors (Lipinski definition) is 5. The number of carbonyl (C=O) groups is 2. The lowest BCUT2D eigenvalue weighted by Crippen LogP contribution is -2.28. The molecule has 7 heteroatoms. The third-order valence-corrected chi connectivity index (χ3v) is 5.50. The number of nitriles is 1. The second-order valence-electron chi connectivity index (χ2n) is 6.07. The number of imide groups is 1. The number of benzene rings is 2. The van der Waals surface area contributed by atoms with E-state index >= 15 is 0 Å². The van der Waals surface area contributed by atoms with E-state index in [4.69, 9.17) is 4.74 Å². The van der Waals surface area contributed by atoms with Crippen LogP contribution in [-0.4, -0.2) is 22.6 Å². The van der Waals surface area contributed by atoms with Crippen LogP contribution in [0.15, 0.2) is 51.8 Å². The molecule has 0 atom stereocenters. The lowest BCUT2D eigenvalue weighted by Gasteiger charge is -2.12.